The van der Waals surface area contributed by atoms with Gasteiger partial charge in [-0.3, -0.25) is 4.79 Å². The van der Waals surface area contributed by atoms with Gasteiger partial charge in [0.15, 0.2) is 0 Å². The lowest BCUT2D eigenvalue weighted by atomic mass is 10.0. The van der Waals surface area contributed by atoms with E-state index in [0.717, 1.165) is 25.9 Å². The first-order chi connectivity index (χ1) is 9.84. The molecule has 1 N–H and O–H groups in total. The van der Waals surface area contributed by atoms with Crippen LogP contribution in [0.2, 0.25) is 0 Å². The maximum absolute atomic E-state index is 12.6. The van der Waals surface area contributed by atoms with Gasteiger partial charge in [0, 0.05) is 37.6 Å². The quantitative estimate of drug-likeness (QED) is 0.895. The third kappa shape index (κ3) is 3.36. The molecule has 0 amide bonds. The van der Waals surface area contributed by atoms with E-state index in [1.54, 1.807) is 7.05 Å². The summed E-state index contributed by atoms with van der Waals surface area (Å²) in [6.07, 6.45) is 4.27. The molecule has 0 aromatic carbocycles. The highest BCUT2D eigenvalue weighted by Crippen LogP contribution is 2.21. The molecule has 0 aliphatic carbocycles. The summed E-state index contributed by atoms with van der Waals surface area (Å²) in [6, 6.07) is 1.66. The summed E-state index contributed by atoms with van der Waals surface area (Å²) in [5, 5.41) is 0. The molecule has 1 aromatic rings. The Morgan fingerprint density at radius 2 is 1.95 bits per heavy atom. The second-order valence-corrected chi connectivity index (χ2v) is 7.72. The number of hydrogen-bond acceptors (Lipinski definition) is 4. The molecule has 1 aromatic heterocycles. The number of nitrogens with zero attached hydrogens (tertiary/aromatic N) is 2. The molecule has 1 aliphatic heterocycles. The molecule has 6 nitrogen and oxygen atoms in total. The van der Waals surface area contributed by atoms with Crippen molar-refractivity contribution in [2.45, 2.75) is 43.7 Å². The zero-order valence-electron chi connectivity index (χ0n) is 12.7. The minimum atomic E-state index is -3.74. The van der Waals surface area contributed by atoms with Gasteiger partial charge in [0.05, 0.1) is 0 Å². The smallest absolute Gasteiger partial charge is 0.248 e. The standard InChI is InChI=1S/C14H23N3O3S/c1-11(2)17-8-5-12(6-9-17)16(3)21(19,20)14-10-15-7-4-13(14)18/h4,7,10-12H,5-6,8-9H2,1-3H3,(H,15,18). The van der Waals surface area contributed by atoms with Crippen LogP contribution in [-0.2, 0) is 10.0 Å². The first-order valence-corrected chi connectivity index (χ1v) is 8.67. The van der Waals surface area contributed by atoms with Gasteiger partial charge < -0.3 is 9.88 Å². The van der Waals surface area contributed by atoms with Gasteiger partial charge in [-0.25, -0.2) is 8.42 Å². The monoisotopic (exact) mass is 313 g/mol. The number of aromatic amines is 1. The maximum Gasteiger partial charge on any atom is 0.248 e. The van der Waals surface area contributed by atoms with Crippen molar-refractivity contribution in [3.8, 4) is 0 Å². The lowest BCUT2D eigenvalue weighted by Gasteiger charge is -2.37. The third-order valence-corrected chi connectivity index (χ3v) is 6.12. The molecule has 2 heterocycles. The predicted octanol–water partition coefficient (Wildman–Crippen LogP) is 0.868. The number of sulfonamides is 1. The Morgan fingerprint density at radius 3 is 2.48 bits per heavy atom. The Labute approximate surface area is 125 Å². The molecule has 118 valence electrons. The van der Waals surface area contributed by atoms with Crippen LogP contribution < -0.4 is 5.43 Å². The molecule has 1 fully saturated rings. The highest BCUT2D eigenvalue weighted by Gasteiger charge is 2.32. The van der Waals surface area contributed by atoms with Gasteiger partial charge in [0.2, 0.25) is 15.5 Å². The Morgan fingerprint density at radius 1 is 1.33 bits per heavy atom. The number of aromatic nitrogens is 1. The Hall–Kier alpha value is -1.18. The molecular weight excluding hydrogens is 290 g/mol. The highest BCUT2D eigenvalue weighted by molar-refractivity contribution is 7.89. The van der Waals surface area contributed by atoms with E-state index < -0.39 is 15.5 Å². The van der Waals surface area contributed by atoms with Crippen molar-refractivity contribution in [3.63, 3.8) is 0 Å². The van der Waals surface area contributed by atoms with Crippen molar-refractivity contribution in [2.24, 2.45) is 0 Å². The Kier molecular flexibility index (Phi) is 4.85. The summed E-state index contributed by atoms with van der Waals surface area (Å²) in [6.45, 7) is 6.05. The Balaban J connectivity index is 2.15. The third-order valence-electron chi connectivity index (χ3n) is 4.19. The van der Waals surface area contributed by atoms with Gasteiger partial charge in [0.25, 0.3) is 0 Å². The summed E-state index contributed by atoms with van der Waals surface area (Å²) < 4.78 is 26.5. The van der Waals surface area contributed by atoms with Gasteiger partial charge in [-0.2, -0.15) is 4.31 Å². The largest absolute Gasteiger partial charge is 0.366 e. The van der Waals surface area contributed by atoms with Crippen LogP contribution in [-0.4, -0.2) is 54.8 Å². The van der Waals surface area contributed by atoms with Crippen LogP contribution in [0.15, 0.2) is 28.2 Å². The van der Waals surface area contributed by atoms with Crippen LogP contribution in [0.1, 0.15) is 26.7 Å². The Bertz CT molecular complexity index is 631. The minimum Gasteiger partial charge on any atom is -0.366 e. The van der Waals surface area contributed by atoms with Crippen LogP contribution in [0.5, 0.6) is 0 Å². The van der Waals surface area contributed by atoms with Gasteiger partial charge in [-0.15, -0.1) is 0 Å². The average Bonchev–Trinajstić information content (AvgIpc) is 2.46. The summed E-state index contributed by atoms with van der Waals surface area (Å²) in [4.78, 5) is 16.6. The minimum absolute atomic E-state index is 0.0513. The van der Waals surface area contributed by atoms with E-state index >= 15 is 0 Å². The molecule has 0 spiro atoms. The van der Waals surface area contributed by atoms with E-state index in [1.165, 1.54) is 22.8 Å². The van der Waals surface area contributed by atoms with E-state index in [2.05, 4.69) is 23.7 Å². The normalized spacial score (nSPS) is 18.5. The zero-order valence-corrected chi connectivity index (χ0v) is 13.6. The zero-order chi connectivity index (χ0) is 15.6. The number of likely N-dealkylation sites (tertiary alicyclic amines) is 1. The van der Waals surface area contributed by atoms with Gasteiger partial charge >= 0.3 is 0 Å². The van der Waals surface area contributed by atoms with Crippen molar-refractivity contribution in [3.05, 3.63) is 28.7 Å². The molecule has 0 radical (unpaired) electrons. The average molecular weight is 313 g/mol. The lowest BCUT2D eigenvalue weighted by molar-refractivity contribution is 0.140. The molecule has 2 rings (SSSR count). The summed E-state index contributed by atoms with van der Waals surface area (Å²) in [5.74, 6) is 0. The number of pyridine rings is 1. The summed E-state index contributed by atoms with van der Waals surface area (Å²) in [5.41, 5.74) is -0.472. The van der Waals surface area contributed by atoms with Crippen LogP contribution >= 0.6 is 0 Å². The predicted molar refractivity (Wildman–Crippen MR) is 81.7 cm³/mol. The fourth-order valence-electron chi connectivity index (χ4n) is 2.72. The van der Waals surface area contributed by atoms with E-state index in [0.29, 0.717) is 6.04 Å². The van der Waals surface area contributed by atoms with Crippen molar-refractivity contribution < 1.29 is 8.42 Å². The topological polar surface area (TPSA) is 73.5 Å². The van der Waals surface area contributed by atoms with E-state index in [1.807, 2.05) is 0 Å². The number of H-pyrrole nitrogens is 1. The molecule has 21 heavy (non-hydrogen) atoms. The van der Waals surface area contributed by atoms with Crippen LogP contribution in [0.25, 0.3) is 0 Å². The maximum atomic E-state index is 12.6. The fraction of sp³-hybridized carbons (Fsp3) is 0.643. The van der Waals surface area contributed by atoms with Crippen molar-refractivity contribution >= 4 is 10.0 Å². The second-order valence-electron chi connectivity index (χ2n) is 5.75. The van der Waals surface area contributed by atoms with Crippen LogP contribution in [0, 0.1) is 0 Å². The summed E-state index contributed by atoms with van der Waals surface area (Å²) >= 11 is 0. The van der Waals surface area contributed by atoms with E-state index in [-0.39, 0.29) is 10.9 Å². The molecule has 0 saturated carbocycles. The second kappa shape index (κ2) is 6.29. The number of nitrogens with one attached hydrogen (secondary N) is 1. The fourth-order valence-corrected chi connectivity index (χ4v) is 4.17. The number of rotatable bonds is 4. The first-order valence-electron chi connectivity index (χ1n) is 7.23. The van der Waals surface area contributed by atoms with Crippen LogP contribution in [0.3, 0.4) is 0 Å². The molecular formula is C14H23N3O3S. The number of piperidine rings is 1. The summed E-state index contributed by atoms with van der Waals surface area (Å²) in [7, 11) is -2.17. The van der Waals surface area contributed by atoms with E-state index in [4.69, 9.17) is 0 Å². The van der Waals surface area contributed by atoms with Gasteiger partial charge in [-0.05, 0) is 39.8 Å². The molecule has 1 aliphatic rings. The molecule has 1 saturated heterocycles. The van der Waals surface area contributed by atoms with Crippen molar-refractivity contribution in [1.29, 1.82) is 0 Å². The van der Waals surface area contributed by atoms with E-state index in [9.17, 15) is 13.2 Å². The number of hydrogen-bond donors (Lipinski definition) is 1. The van der Waals surface area contributed by atoms with Crippen LogP contribution in [0.4, 0.5) is 0 Å². The SMILES string of the molecule is CC(C)N1CCC(N(C)S(=O)(=O)c2c[nH]ccc2=O)CC1. The molecule has 0 unspecified atom stereocenters. The first kappa shape index (κ1) is 16.2. The van der Waals surface area contributed by atoms with Gasteiger partial charge in [0.1, 0.15) is 4.90 Å². The van der Waals surface area contributed by atoms with Crippen molar-refractivity contribution in [2.75, 3.05) is 20.1 Å². The highest BCUT2D eigenvalue weighted by atomic mass is 32.2. The lowest BCUT2D eigenvalue weighted by Crippen LogP contribution is -2.47. The molecule has 0 atom stereocenters. The van der Waals surface area contributed by atoms with Gasteiger partial charge in [-0.1, -0.05) is 0 Å². The molecule has 0 bridgehead atoms. The molecule has 7 heteroatoms. The van der Waals surface area contributed by atoms with Crippen molar-refractivity contribution in [1.82, 2.24) is 14.2 Å².